The number of hydrogen-bond donors (Lipinski definition) is 1. The van der Waals surface area contributed by atoms with E-state index in [2.05, 4.69) is 15.5 Å². The average molecular weight is 319 g/mol. The maximum Gasteiger partial charge on any atom is 0.227 e. The van der Waals surface area contributed by atoms with Crippen molar-refractivity contribution in [3.8, 4) is 11.5 Å². The number of carbonyl (C=O) groups is 1. The van der Waals surface area contributed by atoms with Crippen molar-refractivity contribution in [2.75, 3.05) is 13.7 Å². The van der Waals surface area contributed by atoms with E-state index in [-0.39, 0.29) is 5.91 Å². The topological polar surface area (TPSA) is 86.5 Å². The van der Waals surface area contributed by atoms with E-state index < -0.39 is 0 Å². The summed E-state index contributed by atoms with van der Waals surface area (Å²) in [6.07, 6.45) is 0.731. The number of nitrogens with zero attached hydrogens (tertiary/aromatic N) is 2. The molecular weight excluding hydrogens is 298 g/mol. The first-order valence-corrected chi connectivity index (χ1v) is 7.48. The van der Waals surface area contributed by atoms with Gasteiger partial charge >= 0.3 is 0 Å². The van der Waals surface area contributed by atoms with Crippen LogP contribution in [0.15, 0.2) is 22.7 Å². The van der Waals surface area contributed by atoms with Crippen LogP contribution in [0.4, 0.5) is 0 Å². The predicted molar refractivity (Wildman–Crippen MR) is 83.4 cm³/mol. The molecule has 0 saturated heterocycles. The molecule has 0 unspecified atom stereocenters. The van der Waals surface area contributed by atoms with Crippen molar-refractivity contribution in [1.82, 2.24) is 15.5 Å². The maximum atomic E-state index is 11.9. The second-order valence-corrected chi connectivity index (χ2v) is 4.93. The molecule has 2 aromatic rings. The van der Waals surface area contributed by atoms with E-state index in [4.69, 9.17) is 14.0 Å². The lowest BCUT2D eigenvalue weighted by Crippen LogP contribution is -2.23. The van der Waals surface area contributed by atoms with Gasteiger partial charge in [0, 0.05) is 19.4 Å². The first kappa shape index (κ1) is 16.8. The number of methoxy groups -OCH3 is 1. The lowest BCUT2D eigenvalue weighted by Gasteiger charge is -2.11. The molecule has 1 N–H and O–H groups in total. The van der Waals surface area contributed by atoms with Crippen LogP contribution in [0.3, 0.4) is 0 Å². The summed E-state index contributed by atoms with van der Waals surface area (Å²) in [6, 6.07) is 5.59. The van der Waals surface area contributed by atoms with Crippen molar-refractivity contribution in [2.24, 2.45) is 0 Å². The Bertz CT molecular complexity index is 655. The summed E-state index contributed by atoms with van der Waals surface area (Å²) in [5, 5.41) is 6.54. The first-order chi connectivity index (χ1) is 11.1. The summed E-state index contributed by atoms with van der Waals surface area (Å²) in [6.45, 7) is 4.65. The molecule has 0 radical (unpaired) electrons. The molecule has 0 aliphatic heterocycles. The summed E-state index contributed by atoms with van der Waals surface area (Å²) in [4.78, 5) is 15.9. The van der Waals surface area contributed by atoms with Crippen LogP contribution in [0, 0.1) is 6.92 Å². The third kappa shape index (κ3) is 4.98. The number of nitrogens with one attached hydrogen (secondary N) is 1. The Balaban J connectivity index is 1.83. The summed E-state index contributed by atoms with van der Waals surface area (Å²) in [7, 11) is 1.59. The zero-order valence-corrected chi connectivity index (χ0v) is 13.6. The van der Waals surface area contributed by atoms with Gasteiger partial charge in [0.1, 0.15) is 0 Å². The minimum absolute atomic E-state index is 0.0753. The van der Waals surface area contributed by atoms with Gasteiger partial charge in [-0.2, -0.15) is 4.98 Å². The number of rotatable bonds is 8. The molecule has 0 saturated carbocycles. The zero-order chi connectivity index (χ0) is 16.7. The smallest absolute Gasteiger partial charge is 0.227 e. The van der Waals surface area contributed by atoms with E-state index in [1.807, 2.05) is 25.1 Å². The Hall–Kier alpha value is -2.57. The quantitative estimate of drug-likeness (QED) is 0.801. The van der Waals surface area contributed by atoms with Gasteiger partial charge in [-0.1, -0.05) is 11.2 Å². The molecule has 7 heteroatoms. The molecule has 7 nitrogen and oxygen atoms in total. The van der Waals surface area contributed by atoms with Crippen molar-refractivity contribution in [1.29, 1.82) is 0 Å². The van der Waals surface area contributed by atoms with Gasteiger partial charge in [-0.05, 0) is 31.5 Å². The van der Waals surface area contributed by atoms with Crippen LogP contribution in [0.1, 0.15) is 30.6 Å². The van der Waals surface area contributed by atoms with E-state index in [0.29, 0.717) is 49.2 Å². The SMILES string of the molecule is CCOc1ccc(CNC(=O)CCc2nc(C)no2)cc1OC. The van der Waals surface area contributed by atoms with Crippen LogP contribution in [-0.4, -0.2) is 29.8 Å². The first-order valence-electron chi connectivity index (χ1n) is 7.48. The van der Waals surface area contributed by atoms with Crippen LogP contribution in [0.2, 0.25) is 0 Å². The Morgan fingerprint density at radius 3 is 2.83 bits per heavy atom. The van der Waals surface area contributed by atoms with Crippen LogP contribution < -0.4 is 14.8 Å². The van der Waals surface area contributed by atoms with Gasteiger partial charge in [-0.25, -0.2) is 0 Å². The molecule has 0 bridgehead atoms. The molecule has 1 aromatic carbocycles. The molecule has 0 fully saturated rings. The molecule has 0 aliphatic rings. The Labute approximate surface area is 135 Å². The van der Waals surface area contributed by atoms with Crippen molar-refractivity contribution in [3.05, 3.63) is 35.5 Å². The molecule has 1 heterocycles. The molecule has 0 aliphatic carbocycles. The van der Waals surface area contributed by atoms with Gasteiger partial charge in [0.15, 0.2) is 17.3 Å². The highest BCUT2D eigenvalue weighted by molar-refractivity contribution is 5.76. The summed E-state index contributed by atoms with van der Waals surface area (Å²) < 4.78 is 15.7. The number of hydrogen-bond acceptors (Lipinski definition) is 6. The Kier molecular flexibility index (Phi) is 5.96. The molecule has 1 aromatic heterocycles. The predicted octanol–water partition coefficient (Wildman–Crippen LogP) is 2.03. The fourth-order valence-electron chi connectivity index (χ4n) is 2.05. The highest BCUT2D eigenvalue weighted by Gasteiger charge is 2.09. The normalized spacial score (nSPS) is 10.4. The van der Waals surface area contributed by atoms with Crippen LogP contribution in [-0.2, 0) is 17.8 Å². The van der Waals surface area contributed by atoms with Crippen molar-refractivity contribution < 1.29 is 18.8 Å². The average Bonchev–Trinajstić information content (AvgIpc) is 2.97. The summed E-state index contributed by atoms with van der Waals surface area (Å²) in [5.74, 6) is 2.31. The Morgan fingerprint density at radius 2 is 2.17 bits per heavy atom. The van der Waals surface area contributed by atoms with E-state index >= 15 is 0 Å². The van der Waals surface area contributed by atoms with Crippen LogP contribution in [0.25, 0.3) is 0 Å². The van der Waals surface area contributed by atoms with Gasteiger partial charge in [-0.3, -0.25) is 4.79 Å². The van der Waals surface area contributed by atoms with Gasteiger partial charge in [0.05, 0.1) is 13.7 Å². The molecular formula is C16H21N3O4. The van der Waals surface area contributed by atoms with E-state index in [9.17, 15) is 4.79 Å². The van der Waals surface area contributed by atoms with Crippen molar-refractivity contribution in [3.63, 3.8) is 0 Å². The Morgan fingerprint density at radius 1 is 1.35 bits per heavy atom. The van der Waals surface area contributed by atoms with E-state index in [1.54, 1.807) is 14.0 Å². The highest BCUT2D eigenvalue weighted by Crippen LogP contribution is 2.27. The minimum atomic E-state index is -0.0753. The van der Waals surface area contributed by atoms with Gasteiger partial charge < -0.3 is 19.3 Å². The van der Waals surface area contributed by atoms with E-state index in [0.717, 1.165) is 5.56 Å². The number of ether oxygens (including phenoxy) is 2. The minimum Gasteiger partial charge on any atom is -0.493 e. The highest BCUT2D eigenvalue weighted by atomic mass is 16.5. The fourth-order valence-corrected chi connectivity index (χ4v) is 2.05. The third-order valence-corrected chi connectivity index (χ3v) is 3.15. The number of benzene rings is 1. The zero-order valence-electron chi connectivity index (χ0n) is 13.6. The second-order valence-electron chi connectivity index (χ2n) is 4.93. The molecule has 0 atom stereocenters. The molecule has 1 amide bonds. The standard InChI is InChI=1S/C16H21N3O4/c1-4-22-13-6-5-12(9-14(13)21-3)10-17-15(20)7-8-16-18-11(2)19-23-16/h5-6,9H,4,7-8,10H2,1-3H3,(H,17,20). The van der Waals surface area contributed by atoms with Gasteiger partial charge in [-0.15, -0.1) is 0 Å². The van der Waals surface area contributed by atoms with E-state index in [1.165, 1.54) is 0 Å². The number of amides is 1. The summed E-state index contributed by atoms with van der Waals surface area (Å²) in [5.41, 5.74) is 0.937. The lowest BCUT2D eigenvalue weighted by molar-refractivity contribution is -0.121. The van der Waals surface area contributed by atoms with Crippen molar-refractivity contribution in [2.45, 2.75) is 33.2 Å². The molecule has 23 heavy (non-hydrogen) atoms. The van der Waals surface area contributed by atoms with Crippen LogP contribution in [0.5, 0.6) is 11.5 Å². The van der Waals surface area contributed by atoms with Gasteiger partial charge in [0.2, 0.25) is 11.8 Å². The van der Waals surface area contributed by atoms with Crippen LogP contribution >= 0.6 is 0 Å². The maximum absolute atomic E-state index is 11.9. The summed E-state index contributed by atoms with van der Waals surface area (Å²) >= 11 is 0. The number of aryl methyl sites for hydroxylation is 2. The molecule has 124 valence electrons. The monoisotopic (exact) mass is 319 g/mol. The third-order valence-electron chi connectivity index (χ3n) is 3.15. The number of carbonyl (C=O) groups excluding carboxylic acids is 1. The fraction of sp³-hybridized carbons (Fsp3) is 0.438. The lowest BCUT2D eigenvalue weighted by atomic mass is 10.2. The number of aromatic nitrogens is 2. The van der Waals surface area contributed by atoms with Gasteiger partial charge in [0.25, 0.3) is 0 Å². The molecule has 2 rings (SSSR count). The van der Waals surface area contributed by atoms with Crippen molar-refractivity contribution >= 4 is 5.91 Å². The largest absolute Gasteiger partial charge is 0.493 e. The second kappa shape index (κ2) is 8.17. The molecule has 0 spiro atoms.